The second kappa shape index (κ2) is 4.92. The molecule has 17 heavy (non-hydrogen) atoms. The van der Waals surface area contributed by atoms with Gasteiger partial charge in [0.05, 0.1) is 5.60 Å². The molecule has 0 amide bonds. The van der Waals surface area contributed by atoms with Gasteiger partial charge in [-0.25, -0.2) is 4.39 Å². The summed E-state index contributed by atoms with van der Waals surface area (Å²) in [6.07, 6.45) is 1.18. The highest BCUT2D eigenvalue weighted by molar-refractivity contribution is 6.31. The normalized spacial score (nSPS) is 29.3. The van der Waals surface area contributed by atoms with Gasteiger partial charge in [0.25, 0.3) is 0 Å². The van der Waals surface area contributed by atoms with Gasteiger partial charge in [0.2, 0.25) is 0 Å². The maximum Gasteiger partial charge on any atom is 0.124 e. The summed E-state index contributed by atoms with van der Waals surface area (Å²) in [4.78, 5) is 0. The third kappa shape index (κ3) is 2.79. The molecule has 0 bridgehead atoms. The van der Waals surface area contributed by atoms with Gasteiger partial charge in [-0.05, 0) is 36.6 Å². The van der Waals surface area contributed by atoms with Crippen LogP contribution in [0.25, 0.3) is 0 Å². The molecule has 1 saturated heterocycles. The second-order valence-electron chi connectivity index (χ2n) is 4.87. The number of nitrogens with one attached hydrogen (secondary N) is 1. The van der Waals surface area contributed by atoms with Gasteiger partial charge in [-0.3, -0.25) is 0 Å². The summed E-state index contributed by atoms with van der Waals surface area (Å²) in [6, 6.07) is 4.34. The van der Waals surface area contributed by atoms with Gasteiger partial charge in [0.15, 0.2) is 0 Å². The predicted octanol–water partition coefficient (Wildman–Crippen LogP) is 2.38. The molecule has 0 aliphatic carbocycles. The van der Waals surface area contributed by atoms with Crippen LogP contribution in [0, 0.1) is 11.7 Å². The Morgan fingerprint density at radius 1 is 1.59 bits per heavy atom. The Kier molecular flexibility index (Phi) is 3.71. The minimum absolute atomic E-state index is 0.164. The Balaban J connectivity index is 2.19. The lowest BCUT2D eigenvalue weighted by atomic mass is 9.78. The number of piperidine rings is 1. The second-order valence-corrected chi connectivity index (χ2v) is 5.28. The van der Waals surface area contributed by atoms with Crippen molar-refractivity contribution in [1.82, 2.24) is 5.32 Å². The molecular formula is C13H17ClFNO. The molecule has 0 aromatic heterocycles. The van der Waals surface area contributed by atoms with Crippen LogP contribution in [0.5, 0.6) is 0 Å². The van der Waals surface area contributed by atoms with Gasteiger partial charge in [0, 0.05) is 18.0 Å². The third-order valence-electron chi connectivity index (χ3n) is 3.61. The quantitative estimate of drug-likeness (QED) is 0.853. The van der Waals surface area contributed by atoms with Gasteiger partial charge in [-0.15, -0.1) is 0 Å². The van der Waals surface area contributed by atoms with Crippen LogP contribution in [0.2, 0.25) is 5.02 Å². The van der Waals surface area contributed by atoms with Crippen molar-refractivity contribution in [3.8, 4) is 0 Å². The topological polar surface area (TPSA) is 32.3 Å². The van der Waals surface area contributed by atoms with E-state index in [2.05, 4.69) is 5.32 Å². The molecule has 94 valence electrons. The first-order chi connectivity index (χ1) is 8.01. The van der Waals surface area contributed by atoms with Crippen molar-refractivity contribution in [3.05, 3.63) is 34.6 Å². The molecule has 4 heteroatoms. The van der Waals surface area contributed by atoms with Crippen LogP contribution >= 0.6 is 11.6 Å². The van der Waals surface area contributed by atoms with E-state index in [1.165, 1.54) is 12.1 Å². The summed E-state index contributed by atoms with van der Waals surface area (Å²) in [5.41, 5.74) is 0.0662. The van der Waals surface area contributed by atoms with E-state index in [0.29, 0.717) is 17.9 Å². The fourth-order valence-electron chi connectivity index (χ4n) is 2.32. The van der Waals surface area contributed by atoms with Crippen molar-refractivity contribution >= 4 is 11.6 Å². The maximum atomic E-state index is 12.9. The molecule has 0 spiro atoms. The van der Waals surface area contributed by atoms with Crippen molar-refractivity contribution < 1.29 is 9.50 Å². The highest BCUT2D eigenvalue weighted by atomic mass is 35.5. The lowest BCUT2D eigenvalue weighted by Crippen LogP contribution is -2.50. The van der Waals surface area contributed by atoms with E-state index < -0.39 is 5.60 Å². The molecule has 1 aromatic rings. The summed E-state index contributed by atoms with van der Waals surface area (Å²) in [5.74, 6) is -0.179. The number of hydrogen-bond acceptors (Lipinski definition) is 2. The smallest absolute Gasteiger partial charge is 0.124 e. The number of benzene rings is 1. The average Bonchev–Trinajstić information content (AvgIpc) is 2.27. The average molecular weight is 258 g/mol. The summed E-state index contributed by atoms with van der Waals surface area (Å²) in [6.45, 7) is 3.62. The first kappa shape index (κ1) is 12.8. The van der Waals surface area contributed by atoms with E-state index in [0.717, 1.165) is 18.7 Å². The molecule has 2 unspecified atom stereocenters. The molecule has 0 saturated carbocycles. The summed E-state index contributed by atoms with van der Waals surface area (Å²) < 4.78 is 12.9. The zero-order valence-corrected chi connectivity index (χ0v) is 10.6. The van der Waals surface area contributed by atoms with E-state index in [-0.39, 0.29) is 11.7 Å². The van der Waals surface area contributed by atoms with Gasteiger partial charge < -0.3 is 10.4 Å². The highest BCUT2D eigenvalue weighted by Crippen LogP contribution is 2.31. The van der Waals surface area contributed by atoms with Gasteiger partial charge in [0.1, 0.15) is 5.82 Å². The number of halogens is 2. The largest absolute Gasteiger partial charge is 0.389 e. The zero-order valence-electron chi connectivity index (χ0n) is 9.84. The van der Waals surface area contributed by atoms with E-state index in [1.54, 1.807) is 6.07 Å². The Morgan fingerprint density at radius 3 is 3.00 bits per heavy atom. The van der Waals surface area contributed by atoms with Crippen molar-refractivity contribution in [2.45, 2.75) is 25.4 Å². The summed E-state index contributed by atoms with van der Waals surface area (Å²) >= 11 is 5.99. The fraction of sp³-hybridized carbons (Fsp3) is 0.538. The minimum Gasteiger partial charge on any atom is -0.389 e. The van der Waals surface area contributed by atoms with Crippen molar-refractivity contribution in [2.24, 2.45) is 5.92 Å². The van der Waals surface area contributed by atoms with Crippen LogP contribution in [0.4, 0.5) is 4.39 Å². The van der Waals surface area contributed by atoms with Gasteiger partial charge in [-0.2, -0.15) is 0 Å². The molecular weight excluding hydrogens is 241 g/mol. The first-order valence-electron chi connectivity index (χ1n) is 5.88. The first-order valence-corrected chi connectivity index (χ1v) is 6.26. The standard InChI is InChI=1S/C13H17ClFNO/c1-9-8-16-5-4-13(9,17)7-10-2-3-11(15)6-12(10)14/h2-3,6,9,16-17H,4-5,7-8H2,1H3. The van der Waals surface area contributed by atoms with Crippen molar-refractivity contribution in [2.75, 3.05) is 13.1 Å². The number of hydrogen-bond donors (Lipinski definition) is 2. The highest BCUT2D eigenvalue weighted by Gasteiger charge is 2.36. The van der Waals surface area contributed by atoms with Crippen molar-refractivity contribution in [1.29, 1.82) is 0 Å². The Labute approximate surface area is 106 Å². The van der Waals surface area contributed by atoms with Crippen LogP contribution in [0.3, 0.4) is 0 Å². The number of rotatable bonds is 2. The predicted molar refractivity (Wildman–Crippen MR) is 66.7 cm³/mol. The van der Waals surface area contributed by atoms with Gasteiger partial charge >= 0.3 is 0 Å². The molecule has 2 rings (SSSR count). The third-order valence-corrected chi connectivity index (χ3v) is 3.97. The van der Waals surface area contributed by atoms with E-state index in [1.807, 2.05) is 6.92 Å². The van der Waals surface area contributed by atoms with Crippen LogP contribution in [-0.2, 0) is 6.42 Å². The fourth-order valence-corrected chi connectivity index (χ4v) is 2.55. The van der Waals surface area contributed by atoms with E-state index in [4.69, 9.17) is 11.6 Å². The monoisotopic (exact) mass is 257 g/mol. The molecule has 2 atom stereocenters. The molecule has 1 aliphatic heterocycles. The molecule has 0 radical (unpaired) electrons. The SMILES string of the molecule is CC1CNCCC1(O)Cc1ccc(F)cc1Cl. The zero-order chi connectivity index (χ0) is 12.5. The van der Waals surface area contributed by atoms with E-state index in [9.17, 15) is 9.50 Å². The maximum absolute atomic E-state index is 12.9. The molecule has 1 aliphatic rings. The minimum atomic E-state index is -0.743. The lowest BCUT2D eigenvalue weighted by molar-refractivity contribution is -0.0329. The van der Waals surface area contributed by atoms with Crippen LogP contribution in [0.1, 0.15) is 18.9 Å². The lowest BCUT2D eigenvalue weighted by Gasteiger charge is -2.39. The Morgan fingerprint density at radius 2 is 2.35 bits per heavy atom. The summed E-state index contributed by atoms with van der Waals surface area (Å²) in [7, 11) is 0. The Hall–Kier alpha value is -0.640. The Bertz CT molecular complexity index is 412. The van der Waals surface area contributed by atoms with E-state index >= 15 is 0 Å². The van der Waals surface area contributed by atoms with Crippen molar-refractivity contribution in [3.63, 3.8) is 0 Å². The van der Waals surface area contributed by atoms with Crippen LogP contribution < -0.4 is 5.32 Å². The van der Waals surface area contributed by atoms with Crippen LogP contribution in [0.15, 0.2) is 18.2 Å². The van der Waals surface area contributed by atoms with Crippen LogP contribution in [-0.4, -0.2) is 23.8 Å². The molecule has 2 N–H and O–H groups in total. The number of aliphatic hydroxyl groups is 1. The molecule has 1 fully saturated rings. The molecule has 1 aromatic carbocycles. The summed E-state index contributed by atoms with van der Waals surface area (Å²) in [5, 5.41) is 14.2. The molecule has 1 heterocycles. The molecule has 2 nitrogen and oxygen atoms in total. The van der Waals surface area contributed by atoms with Gasteiger partial charge in [-0.1, -0.05) is 24.6 Å².